The molecule has 20 heavy (non-hydrogen) atoms. The van der Waals surface area contributed by atoms with E-state index in [2.05, 4.69) is 0 Å². The van der Waals surface area contributed by atoms with Gasteiger partial charge >= 0.3 is 0 Å². The maximum atomic E-state index is 11.0. The second-order valence-corrected chi connectivity index (χ2v) is 6.53. The van der Waals surface area contributed by atoms with Crippen molar-refractivity contribution in [2.45, 2.75) is 5.88 Å². The second-order valence-electron chi connectivity index (χ2n) is 4.00. The van der Waals surface area contributed by atoms with E-state index < -0.39 is 14.8 Å². The topological polar surface area (TPSA) is 95.7 Å². The third kappa shape index (κ3) is 4.53. The molecule has 0 fully saturated rings. The average Bonchev–Trinajstić information content (AvgIpc) is 2.36. The zero-order chi connectivity index (χ0) is 15.3. The molecule has 0 saturated carbocycles. The van der Waals surface area contributed by atoms with Gasteiger partial charge in [-0.25, -0.2) is 8.42 Å². The van der Waals surface area contributed by atoms with Crippen molar-refractivity contribution >= 4 is 27.1 Å². The molecule has 9 heteroatoms. The number of sulfone groups is 1. The summed E-state index contributed by atoms with van der Waals surface area (Å²) in [5.41, 5.74) is 0.0964. The lowest BCUT2D eigenvalue weighted by Crippen LogP contribution is -2.12. The lowest BCUT2D eigenvalue weighted by atomic mass is 10.2. The maximum Gasteiger partial charge on any atom is 0.277 e. The fourth-order valence-corrected chi connectivity index (χ4v) is 2.04. The SMILES string of the molecule is COc1cc(CCl)c([N+](=O)[O-])cc1OCCS(C)(=O)=O. The Hall–Kier alpha value is -1.54. The molecule has 1 rings (SSSR count). The number of rotatable bonds is 7. The highest BCUT2D eigenvalue weighted by Crippen LogP contribution is 2.35. The van der Waals surface area contributed by atoms with E-state index in [1.165, 1.54) is 19.2 Å². The van der Waals surface area contributed by atoms with Crippen LogP contribution >= 0.6 is 11.6 Å². The van der Waals surface area contributed by atoms with Gasteiger partial charge in [0.15, 0.2) is 21.3 Å². The van der Waals surface area contributed by atoms with Crippen LogP contribution in [0.1, 0.15) is 5.56 Å². The van der Waals surface area contributed by atoms with Gasteiger partial charge < -0.3 is 9.47 Å². The second kappa shape index (κ2) is 6.76. The van der Waals surface area contributed by atoms with Crippen LogP contribution in [0.5, 0.6) is 11.5 Å². The molecule has 0 N–H and O–H groups in total. The molecule has 1 aromatic carbocycles. The number of nitro groups is 1. The van der Waals surface area contributed by atoms with Crippen LogP contribution in [0, 0.1) is 10.1 Å². The molecule has 112 valence electrons. The predicted molar refractivity (Wildman–Crippen MR) is 74.4 cm³/mol. The Morgan fingerprint density at radius 3 is 2.45 bits per heavy atom. The van der Waals surface area contributed by atoms with Crippen LogP contribution in [0.2, 0.25) is 0 Å². The summed E-state index contributed by atoms with van der Waals surface area (Å²) in [6.07, 6.45) is 1.08. The largest absolute Gasteiger partial charge is 0.493 e. The molecule has 7 nitrogen and oxygen atoms in total. The first-order chi connectivity index (χ1) is 9.28. The van der Waals surface area contributed by atoms with Crippen molar-refractivity contribution in [3.8, 4) is 11.5 Å². The number of methoxy groups -OCH3 is 1. The van der Waals surface area contributed by atoms with Crippen LogP contribution < -0.4 is 9.47 Å². The molecule has 0 unspecified atom stereocenters. The fraction of sp³-hybridized carbons (Fsp3) is 0.455. The van der Waals surface area contributed by atoms with E-state index in [0.29, 0.717) is 5.56 Å². The van der Waals surface area contributed by atoms with E-state index in [-0.39, 0.29) is 35.4 Å². The van der Waals surface area contributed by atoms with Gasteiger partial charge in [-0.05, 0) is 6.07 Å². The number of nitro benzene ring substituents is 1. The number of halogens is 1. The number of benzene rings is 1. The molecule has 1 aromatic rings. The first-order valence-corrected chi connectivity index (χ1v) is 8.09. The summed E-state index contributed by atoms with van der Waals surface area (Å²) in [5, 5.41) is 10.9. The molecular formula is C11H14ClNO6S. The molecule has 0 aliphatic heterocycles. The number of alkyl halides is 1. The summed E-state index contributed by atoms with van der Waals surface area (Å²) in [6.45, 7) is -0.118. The summed E-state index contributed by atoms with van der Waals surface area (Å²) in [7, 11) is -1.80. The summed E-state index contributed by atoms with van der Waals surface area (Å²) in [6, 6.07) is 2.58. The van der Waals surface area contributed by atoms with Gasteiger partial charge in [0.1, 0.15) is 6.61 Å². The first-order valence-electron chi connectivity index (χ1n) is 5.50. The summed E-state index contributed by atoms with van der Waals surface area (Å²) in [5.74, 6) is 0.133. The number of hydrogen-bond acceptors (Lipinski definition) is 6. The highest BCUT2D eigenvalue weighted by molar-refractivity contribution is 7.90. The molecule has 0 amide bonds. The molecule has 0 spiro atoms. The minimum Gasteiger partial charge on any atom is -0.493 e. The van der Waals surface area contributed by atoms with Gasteiger partial charge in [-0.3, -0.25) is 10.1 Å². The first kappa shape index (κ1) is 16.5. The van der Waals surface area contributed by atoms with Crippen molar-refractivity contribution in [2.75, 3.05) is 25.7 Å². The Morgan fingerprint density at radius 1 is 1.35 bits per heavy atom. The average molecular weight is 324 g/mol. The number of ether oxygens (including phenoxy) is 2. The summed E-state index contributed by atoms with van der Waals surface area (Å²) < 4.78 is 32.3. The van der Waals surface area contributed by atoms with Gasteiger partial charge in [-0.1, -0.05) is 0 Å². The molecule has 0 heterocycles. The van der Waals surface area contributed by atoms with Gasteiger partial charge in [0, 0.05) is 11.8 Å². The third-order valence-corrected chi connectivity index (χ3v) is 3.61. The number of hydrogen-bond donors (Lipinski definition) is 0. The zero-order valence-corrected chi connectivity index (χ0v) is 12.5. The minimum atomic E-state index is -3.17. The van der Waals surface area contributed by atoms with Crippen LogP contribution in [0.15, 0.2) is 12.1 Å². The van der Waals surface area contributed by atoms with Gasteiger partial charge in [0.25, 0.3) is 5.69 Å². The smallest absolute Gasteiger partial charge is 0.277 e. The molecule has 0 atom stereocenters. The van der Waals surface area contributed by atoms with E-state index in [4.69, 9.17) is 21.1 Å². The van der Waals surface area contributed by atoms with Crippen LogP contribution in [0.3, 0.4) is 0 Å². The van der Waals surface area contributed by atoms with E-state index in [9.17, 15) is 18.5 Å². The fourth-order valence-electron chi connectivity index (χ4n) is 1.44. The lowest BCUT2D eigenvalue weighted by Gasteiger charge is -2.11. The van der Waals surface area contributed by atoms with Gasteiger partial charge in [0.2, 0.25) is 0 Å². The molecule has 0 saturated heterocycles. The van der Waals surface area contributed by atoms with Crippen molar-refractivity contribution in [3.05, 3.63) is 27.8 Å². The normalized spacial score (nSPS) is 11.2. The maximum absolute atomic E-state index is 11.0. The highest BCUT2D eigenvalue weighted by atomic mass is 35.5. The van der Waals surface area contributed by atoms with Crippen molar-refractivity contribution in [1.29, 1.82) is 0 Å². The lowest BCUT2D eigenvalue weighted by molar-refractivity contribution is -0.385. The third-order valence-electron chi connectivity index (χ3n) is 2.42. The Balaban J connectivity index is 3.05. The monoisotopic (exact) mass is 323 g/mol. The van der Waals surface area contributed by atoms with E-state index in [0.717, 1.165) is 6.26 Å². The van der Waals surface area contributed by atoms with Crippen molar-refractivity contribution in [1.82, 2.24) is 0 Å². The van der Waals surface area contributed by atoms with Crippen LogP contribution in [0.4, 0.5) is 5.69 Å². The molecule has 0 bridgehead atoms. The molecule has 0 aliphatic carbocycles. The van der Waals surface area contributed by atoms with E-state index in [1.807, 2.05) is 0 Å². The Labute approximate surface area is 121 Å². The molecule has 0 radical (unpaired) electrons. The van der Waals surface area contributed by atoms with Crippen molar-refractivity contribution in [2.24, 2.45) is 0 Å². The molecule has 0 aliphatic rings. The van der Waals surface area contributed by atoms with Gasteiger partial charge in [0.05, 0.1) is 29.7 Å². The van der Waals surface area contributed by atoms with E-state index >= 15 is 0 Å². The zero-order valence-electron chi connectivity index (χ0n) is 11.0. The predicted octanol–water partition coefficient (Wildman–Crippen LogP) is 1.77. The van der Waals surface area contributed by atoms with Gasteiger partial charge in [-0.15, -0.1) is 11.6 Å². The standard InChI is InChI=1S/C11H14ClNO6S/c1-18-10-5-8(7-12)9(13(14)15)6-11(10)19-3-4-20(2,16)17/h5-6H,3-4,7H2,1-2H3. The van der Waals surface area contributed by atoms with Crippen LogP contribution in [0.25, 0.3) is 0 Å². The number of nitrogens with zero attached hydrogens (tertiary/aromatic N) is 1. The Kier molecular flexibility index (Phi) is 5.58. The van der Waals surface area contributed by atoms with Crippen molar-refractivity contribution in [3.63, 3.8) is 0 Å². The Bertz CT molecular complexity index is 601. The van der Waals surface area contributed by atoms with E-state index in [1.54, 1.807) is 0 Å². The van der Waals surface area contributed by atoms with Gasteiger partial charge in [-0.2, -0.15) is 0 Å². The summed E-state index contributed by atoms with van der Waals surface area (Å²) >= 11 is 5.64. The Morgan fingerprint density at radius 2 is 2.00 bits per heavy atom. The summed E-state index contributed by atoms with van der Waals surface area (Å²) in [4.78, 5) is 10.3. The highest BCUT2D eigenvalue weighted by Gasteiger charge is 2.19. The quantitative estimate of drug-likeness (QED) is 0.431. The minimum absolute atomic E-state index is 0.0453. The van der Waals surface area contributed by atoms with Crippen LogP contribution in [-0.4, -0.2) is 39.1 Å². The van der Waals surface area contributed by atoms with Crippen molar-refractivity contribution < 1.29 is 22.8 Å². The molecular weight excluding hydrogens is 310 g/mol. The molecule has 0 aromatic heterocycles. The van der Waals surface area contributed by atoms with Crippen LogP contribution in [-0.2, 0) is 15.7 Å².